The molecule has 2 N–H and O–H groups in total. The number of carbonyl (C=O) groups is 1. The summed E-state index contributed by atoms with van der Waals surface area (Å²) < 4.78 is 0. The highest BCUT2D eigenvalue weighted by atomic mass is 35.5. The fourth-order valence-corrected chi connectivity index (χ4v) is 3.34. The number of aromatic nitrogens is 2. The average Bonchev–Trinajstić information content (AvgIpc) is 2.43. The third-order valence-electron chi connectivity index (χ3n) is 4.28. The number of nitrogens with two attached hydrogens (primary N) is 1. The molecule has 0 aliphatic carbocycles. The highest BCUT2D eigenvalue weighted by molar-refractivity contribution is 6.29. The largest absolute Gasteiger partial charge is 0.368 e. The van der Waals surface area contributed by atoms with Crippen LogP contribution in [0.5, 0.6) is 0 Å². The third kappa shape index (κ3) is 4.97. The van der Waals surface area contributed by atoms with E-state index in [0.717, 1.165) is 25.3 Å². The van der Waals surface area contributed by atoms with E-state index in [1.54, 1.807) is 6.07 Å². The molecule has 2 heterocycles. The van der Waals surface area contributed by atoms with E-state index in [0.29, 0.717) is 17.5 Å². The van der Waals surface area contributed by atoms with Gasteiger partial charge in [-0.15, -0.1) is 0 Å². The lowest BCUT2D eigenvalue weighted by Crippen LogP contribution is -2.51. The number of nitrogens with zero attached hydrogens (tertiary/aromatic N) is 4. The molecule has 2 rings (SSSR count). The van der Waals surface area contributed by atoms with Crippen LogP contribution in [0.25, 0.3) is 0 Å². The summed E-state index contributed by atoms with van der Waals surface area (Å²) in [5.41, 5.74) is 5.70. The fraction of sp³-hybridized carbons (Fsp3) is 0.706. The van der Waals surface area contributed by atoms with E-state index >= 15 is 0 Å². The Hall–Kier alpha value is -1.56. The lowest BCUT2D eigenvalue weighted by Gasteiger charge is -2.41. The van der Waals surface area contributed by atoms with Gasteiger partial charge in [0.25, 0.3) is 0 Å². The van der Waals surface area contributed by atoms with Crippen molar-refractivity contribution in [2.45, 2.75) is 46.6 Å². The summed E-state index contributed by atoms with van der Waals surface area (Å²) in [5, 5.41) is 0.337. The summed E-state index contributed by atoms with van der Waals surface area (Å²) in [7, 11) is 1.90. The molecule has 1 aromatic heterocycles. The summed E-state index contributed by atoms with van der Waals surface area (Å²) in [6.45, 7) is 10.0. The van der Waals surface area contributed by atoms with Crippen LogP contribution in [0.2, 0.25) is 5.15 Å². The van der Waals surface area contributed by atoms with E-state index in [1.165, 1.54) is 0 Å². The number of amides is 1. The first-order valence-electron chi connectivity index (χ1n) is 8.36. The molecule has 0 bridgehead atoms. The van der Waals surface area contributed by atoms with E-state index in [1.807, 2.05) is 11.9 Å². The smallest absolute Gasteiger partial charge is 0.223 e. The van der Waals surface area contributed by atoms with Gasteiger partial charge in [0.15, 0.2) is 0 Å². The van der Waals surface area contributed by atoms with Gasteiger partial charge < -0.3 is 15.5 Å². The molecular weight excluding hydrogens is 326 g/mol. The Balaban J connectivity index is 2.14. The molecule has 7 heteroatoms. The molecule has 1 fully saturated rings. The second kappa shape index (κ2) is 7.13. The van der Waals surface area contributed by atoms with Crippen molar-refractivity contribution in [1.82, 2.24) is 14.9 Å². The van der Waals surface area contributed by atoms with Crippen molar-refractivity contribution in [3.63, 3.8) is 0 Å². The second-order valence-corrected chi connectivity index (χ2v) is 8.44. The van der Waals surface area contributed by atoms with E-state index in [9.17, 15) is 4.79 Å². The van der Waals surface area contributed by atoms with Gasteiger partial charge in [-0.1, -0.05) is 39.3 Å². The number of rotatable bonds is 3. The van der Waals surface area contributed by atoms with Crippen molar-refractivity contribution < 1.29 is 4.79 Å². The molecule has 0 aromatic carbocycles. The zero-order chi connectivity index (χ0) is 18.1. The first-order valence-corrected chi connectivity index (χ1v) is 8.73. The van der Waals surface area contributed by atoms with Crippen LogP contribution in [-0.2, 0) is 4.79 Å². The molecule has 1 aliphatic rings. The Labute approximate surface area is 149 Å². The Morgan fingerprint density at radius 1 is 1.42 bits per heavy atom. The monoisotopic (exact) mass is 353 g/mol. The predicted octanol–water partition coefficient (Wildman–Crippen LogP) is 2.82. The van der Waals surface area contributed by atoms with E-state index in [-0.39, 0.29) is 23.3 Å². The van der Waals surface area contributed by atoms with Gasteiger partial charge >= 0.3 is 0 Å². The number of hydrogen-bond acceptors (Lipinski definition) is 5. The minimum atomic E-state index is -0.0139. The Morgan fingerprint density at radius 3 is 2.67 bits per heavy atom. The molecule has 2 atom stereocenters. The van der Waals surface area contributed by atoms with Gasteiger partial charge in [-0.05, 0) is 17.8 Å². The fourth-order valence-electron chi connectivity index (χ4n) is 3.15. The number of nitrogen functional groups attached to an aromatic ring is 1. The number of likely N-dealkylation sites (N-methyl/N-ethyl adjacent to an activating group) is 1. The van der Waals surface area contributed by atoms with Crippen LogP contribution >= 0.6 is 11.6 Å². The normalized spacial score (nSPS) is 21.7. The zero-order valence-corrected chi connectivity index (χ0v) is 16.0. The number of hydrogen-bond donors (Lipinski definition) is 1. The van der Waals surface area contributed by atoms with Crippen molar-refractivity contribution in [3.05, 3.63) is 11.2 Å². The lowest BCUT2D eigenvalue weighted by atomic mass is 9.90. The van der Waals surface area contributed by atoms with Gasteiger partial charge in [-0.3, -0.25) is 4.79 Å². The van der Waals surface area contributed by atoms with Crippen molar-refractivity contribution in [3.8, 4) is 0 Å². The van der Waals surface area contributed by atoms with Crippen LogP contribution in [0.4, 0.5) is 11.8 Å². The van der Waals surface area contributed by atoms with Crippen LogP contribution < -0.4 is 10.6 Å². The number of piperidine rings is 1. The zero-order valence-electron chi connectivity index (χ0n) is 15.2. The number of halogens is 1. The minimum Gasteiger partial charge on any atom is -0.368 e. The molecule has 134 valence electrons. The van der Waals surface area contributed by atoms with E-state index in [4.69, 9.17) is 17.3 Å². The Morgan fingerprint density at radius 2 is 2.08 bits per heavy atom. The molecule has 0 unspecified atom stereocenters. The second-order valence-electron chi connectivity index (χ2n) is 8.05. The van der Waals surface area contributed by atoms with Gasteiger partial charge in [0.2, 0.25) is 11.9 Å². The quantitative estimate of drug-likeness (QED) is 0.845. The summed E-state index contributed by atoms with van der Waals surface area (Å²) in [6, 6.07) is 1.88. The number of carbonyl (C=O) groups excluding carboxylic acids is 1. The van der Waals surface area contributed by atoms with Gasteiger partial charge in [-0.25, -0.2) is 4.98 Å². The lowest BCUT2D eigenvalue weighted by molar-refractivity contribution is -0.134. The van der Waals surface area contributed by atoms with Crippen molar-refractivity contribution in [2.75, 3.05) is 30.8 Å². The van der Waals surface area contributed by atoms with E-state index in [2.05, 4.69) is 42.6 Å². The summed E-state index contributed by atoms with van der Waals surface area (Å²) in [5.74, 6) is 1.52. The summed E-state index contributed by atoms with van der Waals surface area (Å²) in [6.07, 6.45) is 1.53. The van der Waals surface area contributed by atoms with Crippen LogP contribution in [0, 0.1) is 11.3 Å². The molecule has 1 saturated heterocycles. The molecule has 6 nitrogen and oxygen atoms in total. The minimum absolute atomic E-state index is 0.0139. The number of anilines is 2. The van der Waals surface area contributed by atoms with Gasteiger partial charge in [0, 0.05) is 38.7 Å². The van der Waals surface area contributed by atoms with Crippen molar-refractivity contribution in [2.24, 2.45) is 11.3 Å². The van der Waals surface area contributed by atoms with Gasteiger partial charge in [0.1, 0.15) is 11.0 Å². The molecule has 0 saturated carbocycles. The third-order valence-corrected chi connectivity index (χ3v) is 4.48. The topological polar surface area (TPSA) is 75.4 Å². The van der Waals surface area contributed by atoms with E-state index < -0.39 is 0 Å². The predicted molar refractivity (Wildman–Crippen MR) is 98.1 cm³/mol. The highest BCUT2D eigenvalue weighted by Crippen LogP contribution is 2.27. The molecule has 24 heavy (non-hydrogen) atoms. The van der Waals surface area contributed by atoms with Crippen molar-refractivity contribution in [1.29, 1.82) is 0 Å². The highest BCUT2D eigenvalue weighted by Gasteiger charge is 2.31. The maximum absolute atomic E-state index is 12.6. The average molecular weight is 354 g/mol. The standard InChI is InChI=1S/C17H28ClN5O/c1-11-6-12(22(5)15(24)8-17(2,3)4)10-23(9-11)14-7-13(18)20-16(19)21-14/h7,11-12H,6,8-10H2,1-5H3,(H2,19,20,21)/t11-,12-/m1/s1. The van der Waals surface area contributed by atoms with Crippen LogP contribution in [-0.4, -0.2) is 47.0 Å². The van der Waals surface area contributed by atoms with Crippen LogP contribution in [0.15, 0.2) is 6.07 Å². The summed E-state index contributed by atoms with van der Waals surface area (Å²) in [4.78, 5) is 24.8. The first-order chi connectivity index (χ1) is 11.0. The summed E-state index contributed by atoms with van der Waals surface area (Å²) >= 11 is 6.01. The molecule has 0 radical (unpaired) electrons. The van der Waals surface area contributed by atoms with Gasteiger partial charge in [-0.2, -0.15) is 4.98 Å². The molecule has 1 aliphatic heterocycles. The first kappa shape index (κ1) is 18.8. The van der Waals surface area contributed by atoms with Crippen LogP contribution in [0.3, 0.4) is 0 Å². The molecule has 1 amide bonds. The maximum Gasteiger partial charge on any atom is 0.223 e. The Bertz CT molecular complexity index is 581. The maximum atomic E-state index is 12.6. The molecular formula is C17H28ClN5O. The molecule has 1 aromatic rings. The molecule has 0 spiro atoms. The van der Waals surface area contributed by atoms with Gasteiger partial charge in [0.05, 0.1) is 0 Å². The SMILES string of the molecule is C[C@@H]1C[C@@H](N(C)C(=O)CC(C)(C)C)CN(c2cc(Cl)nc(N)n2)C1. The van der Waals surface area contributed by atoms with Crippen molar-refractivity contribution >= 4 is 29.3 Å². The Kier molecular flexibility index (Phi) is 5.58. The van der Waals surface area contributed by atoms with Crippen LogP contribution in [0.1, 0.15) is 40.5 Å².